The molecule has 13 nitrogen and oxygen atoms in total. The number of hydrogen-bond donors (Lipinski definition) is 1. The topological polar surface area (TPSA) is 181 Å². The molecule has 2 amide bonds. The fraction of sp³-hybridized carbons (Fsp3) is 0.412. The average molecular weight is 737 g/mol. The molecule has 1 radical (unpaired) electrons. The second-order valence-electron chi connectivity index (χ2n) is 13.4. The number of fused-ring (bicyclic) bond motifs is 2. The van der Waals surface area contributed by atoms with Crippen molar-refractivity contribution < 1.29 is 49.7 Å². The van der Waals surface area contributed by atoms with E-state index in [2.05, 4.69) is 4.90 Å². The van der Waals surface area contributed by atoms with Gasteiger partial charge in [0.2, 0.25) is 5.69 Å². The molecule has 1 fully saturated rings. The van der Waals surface area contributed by atoms with E-state index in [1.54, 1.807) is 12.1 Å². The van der Waals surface area contributed by atoms with E-state index in [0.29, 0.717) is 36.4 Å². The Hall–Kier alpha value is -3.18. The summed E-state index contributed by atoms with van der Waals surface area (Å²) in [5, 5.41) is 0.532. The van der Waals surface area contributed by atoms with Crippen LogP contribution in [0.5, 0.6) is 0 Å². The Balaban J connectivity index is 0.00000562. The summed E-state index contributed by atoms with van der Waals surface area (Å²) in [4.78, 5) is 42.2. The summed E-state index contributed by atoms with van der Waals surface area (Å²) in [5.41, 5.74) is 3.36. The van der Waals surface area contributed by atoms with Gasteiger partial charge in [-0.05, 0) is 68.7 Å². The van der Waals surface area contributed by atoms with Crippen LogP contribution in [-0.2, 0) is 50.3 Å². The SMILES string of the molecule is C[N+]1=C(C=CC=C2N(CCCCCC(=O)ON3C(=O)CCC3=O)c3ccc(S(=O)(=O)[O-])cc3C2(C)C)C(C)(C)c2cc(S(=O)(=O)O)ccc21.[Na]. The summed E-state index contributed by atoms with van der Waals surface area (Å²) in [5.74, 6) is -1.73. The van der Waals surface area contributed by atoms with Crippen LogP contribution in [0.15, 0.2) is 70.1 Å². The molecule has 0 unspecified atom stereocenters. The number of rotatable bonds is 11. The third-order valence-corrected chi connectivity index (χ3v) is 11.1. The third kappa shape index (κ3) is 7.69. The Bertz CT molecular complexity index is 2050. The summed E-state index contributed by atoms with van der Waals surface area (Å²) in [6.45, 7) is 8.30. The van der Waals surface area contributed by atoms with Crippen LogP contribution in [0.25, 0.3) is 0 Å². The number of hydrogen-bond acceptors (Lipinski definition) is 10. The summed E-state index contributed by atoms with van der Waals surface area (Å²) < 4.78 is 70.9. The number of nitrogens with zero attached hydrogens (tertiary/aromatic N) is 3. The van der Waals surface area contributed by atoms with Gasteiger partial charge in [0.1, 0.15) is 17.2 Å². The molecule has 0 aromatic heterocycles. The van der Waals surface area contributed by atoms with Crippen molar-refractivity contribution >= 4 is 84.7 Å². The third-order valence-electron chi connectivity index (χ3n) is 9.42. The van der Waals surface area contributed by atoms with Gasteiger partial charge in [-0.15, -0.1) is 5.06 Å². The van der Waals surface area contributed by atoms with E-state index in [9.17, 15) is 40.3 Å². The van der Waals surface area contributed by atoms with Crippen LogP contribution < -0.4 is 4.90 Å². The first kappa shape index (κ1) is 39.6. The number of imide groups is 1. The second kappa shape index (κ2) is 14.4. The van der Waals surface area contributed by atoms with Gasteiger partial charge in [0.05, 0.1) is 15.2 Å². The van der Waals surface area contributed by atoms with E-state index >= 15 is 0 Å². The first-order valence-corrected chi connectivity index (χ1v) is 18.7. The maximum atomic E-state index is 12.2. The Kier molecular flexibility index (Phi) is 11.4. The Morgan fingerprint density at radius 2 is 1.56 bits per heavy atom. The predicted molar refractivity (Wildman–Crippen MR) is 184 cm³/mol. The molecule has 5 rings (SSSR count). The largest absolute Gasteiger partial charge is 0.744 e. The van der Waals surface area contributed by atoms with Crippen LogP contribution in [0.4, 0.5) is 11.4 Å². The number of carbonyl (C=O) groups excluding carboxylic acids is 3. The van der Waals surface area contributed by atoms with Crippen LogP contribution in [0.1, 0.15) is 77.3 Å². The minimum absolute atomic E-state index is 0. The molecule has 0 atom stereocenters. The number of benzene rings is 2. The van der Waals surface area contributed by atoms with Crippen molar-refractivity contribution in [3.8, 4) is 0 Å². The normalized spacial score (nSPS) is 19.0. The van der Waals surface area contributed by atoms with Crippen LogP contribution in [0.3, 0.4) is 0 Å². The van der Waals surface area contributed by atoms with Gasteiger partial charge in [0.25, 0.3) is 21.9 Å². The standard InChI is InChI=1S/C34H39N3O10S2.Na/c1-33(2)24-20-22(48(41,42)43)13-15-26(24)35(5)28(33)10-9-11-29-34(3,4)25-21-23(49(44,45)46)14-16-27(25)36(29)19-8-6-7-12-32(40)47-37-30(38)17-18-31(37)39;/h9-11,13-16,20-21H,6-8,12,17-19H2,1-5H3,(H-,41,42,43,44,45,46);. The molecular weight excluding hydrogens is 698 g/mol. The maximum Gasteiger partial charge on any atom is 0.333 e. The molecule has 2 aromatic carbocycles. The summed E-state index contributed by atoms with van der Waals surface area (Å²) in [7, 11) is -7.21. The van der Waals surface area contributed by atoms with E-state index in [0.717, 1.165) is 28.3 Å². The number of amides is 2. The molecule has 3 aliphatic rings. The van der Waals surface area contributed by atoms with Crippen molar-refractivity contribution in [3.63, 3.8) is 0 Å². The van der Waals surface area contributed by atoms with Crippen molar-refractivity contribution in [1.29, 1.82) is 0 Å². The zero-order valence-corrected chi connectivity index (χ0v) is 32.6. The molecule has 50 heavy (non-hydrogen) atoms. The molecule has 3 heterocycles. The number of anilines is 1. The first-order valence-electron chi connectivity index (χ1n) is 15.8. The van der Waals surface area contributed by atoms with Gasteiger partial charge < -0.3 is 14.3 Å². The number of allylic oxidation sites excluding steroid dienone is 4. The fourth-order valence-electron chi connectivity index (χ4n) is 6.78. The number of carbonyl (C=O) groups is 3. The van der Waals surface area contributed by atoms with Gasteiger partial charge in [-0.1, -0.05) is 26.3 Å². The molecule has 263 valence electrons. The molecule has 1 N–H and O–H groups in total. The van der Waals surface area contributed by atoms with Crippen molar-refractivity contribution in [2.45, 2.75) is 86.8 Å². The molecule has 0 saturated carbocycles. The zero-order chi connectivity index (χ0) is 36.1. The summed E-state index contributed by atoms with van der Waals surface area (Å²) >= 11 is 0. The van der Waals surface area contributed by atoms with Crippen LogP contribution in [0.2, 0.25) is 0 Å². The fourth-order valence-corrected chi connectivity index (χ4v) is 7.78. The number of unbranched alkanes of at least 4 members (excludes halogenated alkanes) is 2. The van der Waals surface area contributed by atoms with Crippen LogP contribution in [-0.4, -0.2) is 102 Å². The van der Waals surface area contributed by atoms with Crippen LogP contribution in [0, 0.1) is 0 Å². The predicted octanol–water partition coefficient (Wildman–Crippen LogP) is 3.87. The average Bonchev–Trinajstić information content (AvgIpc) is 3.51. The van der Waals surface area contributed by atoms with E-state index in [-0.39, 0.29) is 58.6 Å². The molecule has 1 saturated heterocycles. The summed E-state index contributed by atoms with van der Waals surface area (Å²) in [6.07, 6.45) is 7.48. The van der Waals surface area contributed by atoms with E-state index in [1.165, 1.54) is 24.3 Å². The first-order chi connectivity index (χ1) is 22.7. The van der Waals surface area contributed by atoms with E-state index < -0.39 is 48.8 Å². The van der Waals surface area contributed by atoms with Crippen molar-refractivity contribution in [2.24, 2.45) is 0 Å². The van der Waals surface area contributed by atoms with Crippen molar-refractivity contribution in [3.05, 3.63) is 71.5 Å². The van der Waals surface area contributed by atoms with Crippen molar-refractivity contribution in [1.82, 2.24) is 5.06 Å². The van der Waals surface area contributed by atoms with E-state index in [4.69, 9.17) is 4.84 Å². The van der Waals surface area contributed by atoms with Crippen LogP contribution >= 0.6 is 0 Å². The summed E-state index contributed by atoms with van der Waals surface area (Å²) in [6, 6.07) is 8.83. The smallest absolute Gasteiger partial charge is 0.333 e. The Morgan fingerprint density at radius 3 is 2.18 bits per heavy atom. The number of hydroxylamine groups is 2. The van der Waals surface area contributed by atoms with Crippen molar-refractivity contribution in [2.75, 3.05) is 18.5 Å². The van der Waals surface area contributed by atoms with Gasteiger partial charge in [0, 0.05) is 89.9 Å². The molecule has 3 aliphatic heterocycles. The molecular formula is C34H39N3NaO10S2. The molecule has 0 aliphatic carbocycles. The van der Waals surface area contributed by atoms with Gasteiger partial charge in [-0.3, -0.25) is 14.1 Å². The van der Waals surface area contributed by atoms with Gasteiger partial charge >= 0.3 is 5.97 Å². The molecule has 2 aromatic rings. The van der Waals surface area contributed by atoms with Gasteiger partial charge in [0.15, 0.2) is 5.71 Å². The Labute approximate surface area is 314 Å². The monoisotopic (exact) mass is 736 g/mol. The quantitative estimate of drug-likeness (QED) is 0.116. The minimum Gasteiger partial charge on any atom is -0.744 e. The zero-order valence-electron chi connectivity index (χ0n) is 28.9. The van der Waals surface area contributed by atoms with Gasteiger partial charge in [-0.2, -0.15) is 13.0 Å². The Morgan fingerprint density at radius 1 is 0.940 bits per heavy atom. The molecule has 0 bridgehead atoms. The van der Waals surface area contributed by atoms with E-state index in [1.807, 2.05) is 57.5 Å². The molecule has 0 spiro atoms. The minimum atomic E-state index is -4.70. The van der Waals surface area contributed by atoms with Gasteiger partial charge in [-0.25, -0.2) is 13.2 Å². The molecule has 16 heteroatoms. The second-order valence-corrected chi connectivity index (χ2v) is 16.2. The maximum absolute atomic E-state index is 12.2.